The van der Waals surface area contributed by atoms with Crippen molar-refractivity contribution < 1.29 is 18.4 Å². The van der Waals surface area contributed by atoms with Crippen LogP contribution in [0.3, 0.4) is 0 Å². The molecule has 1 aromatic carbocycles. The largest absolute Gasteiger partial charge is 0.525 e. The van der Waals surface area contributed by atoms with Crippen molar-refractivity contribution in [1.82, 2.24) is 0 Å². The van der Waals surface area contributed by atoms with Gasteiger partial charge in [-0.15, -0.1) is 0 Å². The third-order valence-electron chi connectivity index (χ3n) is 5.04. The maximum Gasteiger partial charge on any atom is 0.525 e. The zero-order chi connectivity index (χ0) is 16.8. The van der Waals surface area contributed by atoms with Gasteiger partial charge < -0.3 is 14.0 Å². The molecule has 2 heterocycles. The van der Waals surface area contributed by atoms with Crippen molar-refractivity contribution in [3.8, 4) is 5.75 Å². The number of hydrogen-bond donors (Lipinski definition) is 0. The van der Waals surface area contributed by atoms with E-state index in [1.165, 1.54) is 0 Å². The van der Waals surface area contributed by atoms with Crippen molar-refractivity contribution >= 4 is 12.7 Å². The highest BCUT2D eigenvalue weighted by molar-refractivity contribution is 6.55. The number of allylic oxidation sites excluding steroid dienone is 1. The normalized spacial score (nSPS) is 24.7. The molecular weight excluding hydrogens is 294 g/mol. The Labute approximate surface area is 138 Å². The van der Waals surface area contributed by atoms with E-state index in [4.69, 9.17) is 14.0 Å². The van der Waals surface area contributed by atoms with Gasteiger partial charge in [0.05, 0.1) is 17.8 Å². The number of hydrogen-bond acceptors (Lipinski definition) is 3. The zero-order valence-electron chi connectivity index (χ0n) is 14.5. The molecule has 0 radical (unpaired) electrons. The van der Waals surface area contributed by atoms with Gasteiger partial charge in [0.25, 0.3) is 0 Å². The van der Waals surface area contributed by atoms with Crippen LogP contribution in [-0.4, -0.2) is 24.9 Å². The molecule has 0 spiro atoms. The molecule has 1 aromatic rings. The fourth-order valence-electron chi connectivity index (χ4n) is 2.91. The summed E-state index contributed by atoms with van der Waals surface area (Å²) in [6.07, 6.45) is 1.39. The molecule has 3 rings (SSSR count). The summed E-state index contributed by atoms with van der Waals surface area (Å²) in [5.74, 6) is 0.731. The molecule has 0 aromatic heterocycles. The van der Waals surface area contributed by atoms with Crippen LogP contribution in [0.4, 0.5) is 4.39 Å². The van der Waals surface area contributed by atoms with E-state index in [1.54, 1.807) is 0 Å². The van der Waals surface area contributed by atoms with Crippen molar-refractivity contribution in [2.45, 2.75) is 58.7 Å². The lowest BCUT2D eigenvalue weighted by atomic mass is 9.81. The monoisotopic (exact) mass is 318 g/mol. The highest BCUT2D eigenvalue weighted by Crippen LogP contribution is 2.42. The van der Waals surface area contributed by atoms with Crippen molar-refractivity contribution in [2.75, 3.05) is 6.61 Å². The molecule has 0 saturated carbocycles. The Hall–Kier alpha value is -1.33. The van der Waals surface area contributed by atoms with E-state index in [1.807, 2.05) is 52.8 Å². The fourth-order valence-corrected chi connectivity index (χ4v) is 2.91. The van der Waals surface area contributed by atoms with E-state index >= 15 is 4.39 Å². The van der Waals surface area contributed by atoms with E-state index in [9.17, 15) is 0 Å². The van der Waals surface area contributed by atoms with Gasteiger partial charge in [-0.2, -0.15) is 0 Å². The van der Waals surface area contributed by atoms with E-state index in [-0.39, 0.29) is 5.73 Å². The first kappa shape index (κ1) is 16.5. The summed E-state index contributed by atoms with van der Waals surface area (Å²) in [4.78, 5) is 0. The maximum atomic E-state index is 15.2. The summed E-state index contributed by atoms with van der Waals surface area (Å²) >= 11 is 0. The topological polar surface area (TPSA) is 27.7 Å². The Bertz CT molecular complexity index is 636. The van der Waals surface area contributed by atoms with E-state index in [2.05, 4.69) is 0 Å². The maximum absolute atomic E-state index is 15.2. The molecule has 0 atom stereocenters. The van der Waals surface area contributed by atoms with Crippen LogP contribution < -0.4 is 4.74 Å². The molecule has 2 aliphatic heterocycles. The smallest absolute Gasteiger partial charge is 0.493 e. The third-order valence-corrected chi connectivity index (χ3v) is 5.04. The summed E-state index contributed by atoms with van der Waals surface area (Å²) < 4.78 is 32.7. The number of rotatable bonds is 1. The highest BCUT2D eigenvalue weighted by atomic mass is 19.1. The second kappa shape index (κ2) is 5.64. The van der Waals surface area contributed by atoms with Crippen LogP contribution in [0.15, 0.2) is 23.9 Å². The summed E-state index contributed by atoms with van der Waals surface area (Å²) in [5, 5.41) is 0. The number of ether oxygens (including phenoxy) is 1. The van der Waals surface area contributed by atoms with Gasteiger partial charge in [0, 0.05) is 5.56 Å². The average Bonchev–Trinajstić information content (AvgIpc) is 2.62. The molecule has 124 valence electrons. The fraction of sp³-hybridized carbons (Fsp3) is 0.556. The minimum atomic E-state index is -0.957. The first-order valence-corrected chi connectivity index (χ1v) is 8.19. The lowest BCUT2D eigenvalue weighted by Crippen LogP contribution is -2.41. The van der Waals surface area contributed by atoms with Gasteiger partial charge in [0.1, 0.15) is 11.5 Å². The van der Waals surface area contributed by atoms with Crippen molar-refractivity contribution in [2.24, 2.45) is 0 Å². The molecule has 1 saturated heterocycles. The van der Waals surface area contributed by atoms with Crippen LogP contribution in [0.1, 0.15) is 51.7 Å². The summed E-state index contributed by atoms with van der Waals surface area (Å²) in [5.41, 5.74) is 1.10. The predicted molar refractivity (Wildman–Crippen MR) is 90.0 cm³/mol. The summed E-state index contributed by atoms with van der Waals surface area (Å²) in [7, 11) is -0.957. The predicted octanol–water partition coefficient (Wildman–Crippen LogP) is 4.48. The van der Waals surface area contributed by atoms with Crippen molar-refractivity contribution in [3.63, 3.8) is 0 Å². The van der Waals surface area contributed by atoms with Crippen LogP contribution >= 0.6 is 0 Å². The van der Waals surface area contributed by atoms with Crippen LogP contribution in [0, 0.1) is 6.92 Å². The van der Waals surface area contributed by atoms with Crippen LogP contribution in [-0.2, 0) is 9.31 Å². The molecule has 23 heavy (non-hydrogen) atoms. The molecule has 0 unspecified atom stereocenters. The molecule has 2 aliphatic rings. The van der Waals surface area contributed by atoms with E-state index < -0.39 is 18.3 Å². The first-order valence-electron chi connectivity index (χ1n) is 8.19. The summed E-state index contributed by atoms with van der Waals surface area (Å²) in [6.45, 7) is 10.3. The SMILES string of the molecule is Cc1ccc2c(c1)C(=C(F)B1OC(C)(C)C(C)(C)O1)CCCO2. The number of aryl methyl sites for hydroxylation is 1. The van der Waals surface area contributed by atoms with Crippen LogP contribution in [0.5, 0.6) is 5.75 Å². The standard InChI is InChI=1S/C18H24BFO3/c1-12-8-9-15-14(11-12)13(7-6-10-21-15)16(20)19-22-17(2,3)18(4,5)23-19/h8-9,11H,6-7,10H2,1-5H3. The Morgan fingerprint density at radius 3 is 2.43 bits per heavy atom. The minimum Gasteiger partial charge on any atom is -0.493 e. The quantitative estimate of drug-likeness (QED) is 0.715. The van der Waals surface area contributed by atoms with Crippen LogP contribution in [0.2, 0.25) is 0 Å². The van der Waals surface area contributed by atoms with Gasteiger partial charge >= 0.3 is 7.12 Å². The molecule has 0 amide bonds. The van der Waals surface area contributed by atoms with Gasteiger partial charge in [-0.05, 0) is 65.2 Å². The third kappa shape index (κ3) is 2.92. The number of benzene rings is 1. The van der Waals surface area contributed by atoms with Gasteiger partial charge in [0.15, 0.2) is 0 Å². The first-order chi connectivity index (χ1) is 10.7. The number of halogens is 1. The molecule has 0 aliphatic carbocycles. The minimum absolute atomic E-state index is 0.332. The highest BCUT2D eigenvalue weighted by Gasteiger charge is 2.53. The molecule has 0 bridgehead atoms. The molecule has 5 heteroatoms. The van der Waals surface area contributed by atoms with Crippen LogP contribution in [0.25, 0.3) is 5.57 Å². The Kier molecular flexibility index (Phi) is 4.05. The molecule has 0 N–H and O–H groups in total. The molecule has 1 fully saturated rings. The zero-order valence-corrected chi connectivity index (χ0v) is 14.5. The summed E-state index contributed by atoms with van der Waals surface area (Å²) in [6, 6.07) is 5.86. The van der Waals surface area contributed by atoms with Gasteiger partial charge in [0.2, 0.25) is 0 Å². The van der Waals surface area contributed by atoms with Crippen molar-refractivity contribution in [3.05, 3.63) is 35.1 Å². The lowest BCUT2D eigenvalue weighted by Gasteiger charge is -2.32. The second-order valence-corrected chi connectivity index (χ2v) is 7.37. The Balaban J connectivity index is 2.03. The van der Waals surface area contributed by atoms with Gasteiger partial charge in [-0.25, -0.2) is 4.39 Å². The van der Waals surface area contributed by atoms with Gasteiger partial charge in [-0.1, -0.05) is 11.6 Å². The molecule has 3 nitrogen and oxygen atoms in total. The second-order valence-electron chi connectivity index (χ2n) is 7.37. The average molecular weight is 318 g/mol. The Morgan fingerprint density at radius 2 is 1.78 bits per heavy atom. The lowest BCUT2D eigenvalue weighted by molar-refractivity contribution is 0.00578. The van der Waals surface area contributed by atoms with E-state index in [0.29, 0.717) is 18.6 Å². The van der Waals surface area contributed by atoms with E-state index in [0.717, 1.165) is 23.3 Å². The Morgan fingerprint density at radius 1 is 1.13 bits per heavy atom. The van der Waals surface area contributed by atoms with Crippen molar-refractivity contribution in [1.29, 1.82) is 0 Å². The number of fused-ring (bicyclic) bond motifs is 1. The molecular formula is C18H24BFO3. The van der Waals surface area contributed by atoms with Gasteiger partial charge in [-0.3, -0.25) is 0 Å².